The second-order valence-electron chi connectivity index (χ2n) is 4.07. The molecule has 0 radical (unpaired) electrons. The van der Waals surface area contributed by atoms with Crippen molar-refractivity contribution in [1.82, 2.24) is 0 Å². The molecule has 1 nitrogen and oxygen atoms in total. The van der Waals surface area contributed by atoms with Crippen molar-refractivity contribution in [3.05, 3.63) is 35.6 Å². The Balaban J connectivity index is 3.19. The lowest BCUT2D eigenvalue weighted by Gasteiger charge is -2.21. The Morgan fingerprint density at radius 1 is 1.59 bits per heavy atom. The zero-order valence-corrected chi connectivity index (χ0v) is 11.2. The molecule has 0 aromatic rings. The summed E-state index contributed by atoms with van der Waals surface area (Å²) >= 11 is 0. The van der Waals surface area contributed by atoms with Crippen LogP contribution in [0.2, 0.25) is 0 Å². The molecular weight excluding hydrogens is 206 g/mol. The molecule has 17 heavy (non-hydrogen) atoms. The highest BCUT2D eigenvalue weighted by atomic mass is 14.7. The fourth-order valence-electron chi connectivity index (χ4n) is 2.13. The SMILES string of the molecule is CC#CC1CC=CC(CC)=C1/C(C)=N/C=C\C. The molecule has 0 heterocycles. The van der Waals surface area contributed by atoms with Crippen molar-refractivity contribution >= 4 is 5.71 Å². The maximum Gasteiger partial charge on any atom is 0.0507 e. The van der Waals surface area contributed by atoms with E-state index in [0.717, 1.165) is 18.6 Å². The van der Waals surface area contributed by atoms with Crippen LogP contribution in [0, 0.1) is 17.8 Å². The van der Waals surface area contributed by atoms with E-state index in [1.807, 2.05) is 26.1 Å². The average molecular weight is 227 g/mol. The molecule has 1 atom stereocenters. The summed E-state index contributed by atoms with van der Waals surface area (Å²) < 4.78 is 0. The molecular formula is C16H21N. The van der Waals surface area contributed by atoms with Crippen LogP contribution in [-0.2, 0) is 0 Å². The first kappa shape index (κ1) is 13.5. The first-order valence-electron chi connectivity index (χ1n) is 6.22. The molecule has 0 fully saturated rings. The van der Waals surface area contributed by atoms with Gasteiger partial charge in [0.1, 0.15) is 0 Å². The quantitative estimate of drug-likeness (QED) is 0.504. The van der Waals surface area contributed by atoms with E-state index in [2.05, 4.69) is 42.8 Å². The van der Waals surface area contributed by atoms with Gasteiger partial charge in [-0.3, -0.25) is 4.99 Å². The van der Waals surface area contributed by atoms with Crippen molar-refractivity contribution in [1.29, 1.82) is 0 Å². The lowest BCUT2D eigenvalue weighted by molar-refractivity contribution is 0.800. The maximum atomic E-state index is 4.47. The summed E-state index contributed by atoms with van der Waals surface area (Å²) in [6.07, 6.45) is 10.3. The summed E-state index contributed by atoms with van der Waals surface area (Å²) in [4.78, 5) is 4.47. The van der Waals surface area contributed by atoms with E-state index in [1.165, 1.54) is 11.1 Å². The van der Waals surface area contributed by atoms with Crippen LogP contribution in [0.4, 0.5) is 0 Å². The van der Waals surface area contributed by atoms with Crippen molar-refractivity contribution in [3.63, 3.8) is 0 Å². The Morgan fingerprint density at radius 2 is 2.35 bits per heavy atom. The van der Waals surface area contributed by atoms with Crippen molar-refractivity contribution in [2.75, 3.05) is 0 Å². The molecule has 0 aromatic heterocycles. The van der Waals surface area contributed by atoms with E-state index in [4.69, 9.17) is 0 Å². The standard InChI is InChI=1S/C16H21N/c1-5-9-15-11-8-10-14(7-3)16(15)13(4)17-12-6-2/h6,8,10,12,15H,7,11H2,1-4H3/b12-6-,17-13+. The lowest BCUT2D eigenvalue weighted by atomic mass is 9.84. The van der Waals surface area contributed by atoms with E-state index >= 15 is 0 Å². The zero-order valence-electron chi connectivity index (χ0n) is 11.2. The molecule has 1 aliphatic carbocycles. The van der Waals surface area contributed by atoms with E-state index in [1.54, 1.807) is 0 Å². The molecule has 1 aliphatic rings. The molecule has 90 valence electrons. The van der Waals surface area contributed by atoms with Crippen molar-refractivity contribution in [2.45, 2.75) is 40.5 Å². The molecule has 0 amide bonds. The van der Waals surface area contributed by atoms with Crippen LogP contribution in [0.15, 0.2) is 40.6 Å². The molecule has 0 bridgehead atoms. The van der Waals surface area contributed by atoms with Crippen molar-refractivity contribution < 1.29 is 0 Å². The van der Waals surface area contributed by atoms with E-state index in [-0.39, 0.29) is 0 Å². The number of allylic oxidation sites excluding steroid dienone is 5. The third-order valence-electron chi connectivity index (χ3n) is 2.89. The van der Waals surface area contributed by atoms with Gasteiger partial charge in [-0.25, -0.2) is 0 Å². The molecule has 1 rings (SSSR count). The van der Waals surface area contributed by atoms with Crippen LogP contribution in [-0.4, -0.2) is 5.71 Å². The number of nitrogens with zero attached hydrogens (tertiary/aromatic N) is 1. The zero-order chi connectivity index (χ0) is 12.7. The average Bonchev–Trinajstić information content (AvgIpc) is 2.36. The van der Waals surface area contributed by atoms with E-state index < -0.39 is 0 Å². The molecule has 0 N–H and O–H groups in total. The molecule has 0 spiro atoms. The lowest BCUT2D eigenvalue weighted by Crippen LogP contribution is -2.14. The fraction of sp³-hybridized carbons (Fsp3) is 0.438. The Labute approximate surface area is 105 Å². The third-order valence-corrected chi connectivity index (χ3v) is 2.89. The predicted octanol–water partition coefficient (Wildman–Crippen LogP) is 4.29. The van der Waals surface area contributed by atoms with Crippen LogP contribution in [0.5, 0.6) is 0 Å². The number of hydrogen-bond acceptors (Lipinski definition) is 1. The summed E-state index contributed by atoms with van der Waals surface area (Å²) in [6, 6.07) is 0. The van der Waals surface area contributed by atoms with Crippen LogP contribution in [0.3, 0.4) is 0 Å². The predicted molar refractivity (Wildman–Crippen MR) is 75.9 cm³/mol. The van der Waals surface area contributed by atoms with Crippen LogP contribution in [0.25, 0.3) is 0 Å². The minimum Gasteiger partial charge on any atom is -0.262 e. The number of aliphatic imine (C=N–C) groups is 1. The van der Waals surface area contributed by atoms with Gasteiger partial charge < -0.3 is 0 Å². The first-order valence-corrected chi connectivity index (χ1v) is 6.22. The van der Waals surface area contributed by atoms with Crippen LogP contribution < -0.4 is 0 Å². The molecule has 0 saturated carbocycles. The largest absolute Gasteiger partial charge is 0.262 e. The number of hydrogen-bond donors (Lipinski definition) is 0. The van der Waals surface area contributed by atoms with E-state index in [0.29, 0.717) is 5.92 Å². The second-order valence-corrected chi connectivity index (χ2v) is 4.07. The van der Waals surface area contributed by atoms with Gasteiger partial charge in [-0.1, -0.05) is 31.1 Å². The molecule has 0 aromatic carbocycles. The summed E-state index contributed by atoms with van der Waals surface area (Å²) in [6.45, 7) is 8.15. The Hall–Kier alpha value is -1.55. The summed E-state index contributed by atoms with van der Waals surface area (Å²) in [7, 11) is 0. The molecule has 1 heteroatoms. The Bertz CT molecular complexity index is 436. The maximum absolute atomic E-state index is 4.47. The smallest absolute Gasteiger partial charge is 0.0507 e. The normalized spacial score (nSPS) is 20.7. The van der Waals surface area contributed by atoms with Gasteiger partial charge in [0.2, 0.25) is 0 Å². The fourth-order valence-corrected chi connectivity index (χ4v) is 2.13. The molecule has 0 saturated heterocycles. The monoisotopic (exact) mass is 227 g/mol. The van der Waals surface area contributed by atoms with Gasteiger partial charge >= 0.3 is 0 Å². The van der Waals surface area contributed by atoms with Gasteiger partial charge in [0.25, 0.3) is 0 Å². The minimum atomic E-state index is 0.314. The number of rotatable bonds is 3. The first-order chi connectivity index (χ1) is 8.24. The van der Waals surface area contributed by atoms with Crippen LogP contribution >= 0.6 is 0 Å². The second kappa shape index (κ2) is 6.91. The van der Waals surface area contributed by atoms with Gasteiger partial charge in [0, 0.05) is 11.9 Å². The van der Waals surface area contributed by atoms with Gasteiger partial charge in [-0.2, -0.15) is 0 Å². The Morgan fingerprint density at radius 3 is 2.94 bits per heavy atom. The molecule has 1 unspecified atom stereocenters. The van der Waals surface area contributed by atoms with E-state index in [9.17, 15) is 0 Å². The van der Waals surface area contributed by atoms with Crippen molar-refractivity contribution in [3.8, 4) is 11.8 Å². The highest BCUT2D eigenvalue weighted by Gasteiger charge is 2.19. The summed E-state index contributed by atoms with van der Waals surface area (Å²) in [5, 5.41) is 0. The highest BCUT2D eigenvalue weighted by molar-refractivity contribution is 6.01. The highest BCUT2D eigenvalue weighted by Crippen LogP contribution is 2.28. The van der Waals surface area contributed by atoms with Gasteiger partial charge in [0.15, 0.2) is 0 Å². The summed E-state index contributed by atoms with van der Waals surface area (Å²) in [5.41, 5.74) is 3.79. The third kappa shape index (κ3) is 3.46. The minimum absolute atomic E-state index is 0.314. The Kier molecular flexibility index (Phi) is 5.49. The molecule has 0 aliphatic heterocycles. The van der Waals surface area contributed by atoms with Crippen molar-refractivity contribution in [2.24, 2.45) is 10.9 Å². The topological polar surface area (TPSA) is 12.4 Å². The summed E-state index contributed by atoms with van der Waals surface area (Å²) in [5.74, 6) is 6.64. The van der Waals surface area contributed by atoms with Gasteiger partial charge in [-0.05, 0) is 44.8 Å². The van der Waals surface area contributed by atoms with Crippen LogP contribution in [0.1, 0.15) is 40.5 Å². The van der Waals surface area contributed by atoms with Gasteiger partial charge in [0.05, 0.1) is 5.92 Å². The van der Waals surface area contributed by atoms with Gasteiger partial charge in [-0.15, -0.1) is 5.92 Å².